The Morgan fingerprint density at radius 2 is 2.15 bits per heavy atom. The summed E-state index contributed by atoms with van der Waals surface area (Å²) in [5, 5.41) is 10.2. The van der Waals surface area contributed by atoms with Crippen LogP contribution in [0.25, 0.3) is 0 Å². The van der Waals surface area contributed by atoms with Crippen molar-refractivity contribution in [3.63, 3.8) is 0 Å². The average Bonchev–Trinajstić information content (AvgIpc) is 3.01. The van der Waals surface area contributed by atoms with Gasteiger partial charge in [0, 0.05) is 16.9 Å². The zero-order chi connectivity index (χ0) is 14.4. The first-order valence-electron chi connectivity index (χ1n) is 7.44. The lowest BCUT2D eigenvalue weighted by molar-refractivity contribution is -0.137. The predicted molar refractivity (Wildman–Crippen MR) is 82.8 cm³/mol. The molecule has 0 aromatic heterocycles. The van der Waals surface area contributed by atoms with E-state index in [-0.39, 0.29) is 6.42 Å². The second-order valence-corrected chi connectivity index (χ2v) is 7.07. The predicted octanol–water partition coefficient (Wildman–Crippen LogP) is 3.86. The SMILES string of the molecule is COC=C[C@H]1[C@@H](C/C=C\CCCC(=O)O)[C@H]2CC[C@@H]1S2. The number of hydrogen-bond donors (Lipinski definition) is 1. The number of allylic oxidation sites excluding steroid dienone is 3. The average molecular weight is 296 g/mol. The van der Waals surface area contributed by atoms with Crippen LogP contribution in [-0.4, -0.2) is 28.7 Å². The van der Waals surface area contributed by atoms with E-state index in [2.05, 4.69) is 30.0 Å². The maximum absolute atomic E-state index is 10.4. The van der Waals surface area contributed by atoms with E-state index in [9.17, 15) is 4.79 Å². The fourth-order valence-electron chi connectivity index (χ4n) is 3.30. The number of ether oxygens (including phenoxy) is 1. The van der Waals surface area contributed by atoms with E-state index in [1.54, 1.807) is 7.11 Å². The molecule has 2 fully saturated rings. The van der Waals surface area contributed by atoms with Gasteiger partial charge in [-0.25, -0.2) is 0 Å². The molecular weight excluding hydrogens is 272 g/mol. The quantitative estimate of drug-likeness (QED) is 0.420. The van der Waals surface area contributed by atoms with Gasteiger partial charge in [0.15, 0.2) is 0 Å². The Hall–Kier alpha value is -0.900. The van der Waals surface area contributed by atoms with Gasteiger partial charge in [-0.05, 0) is 50.0 Å². The van der Waals surface area contributed by atoms with Gasteiger partial charge in [-0.3, -0.25) is 4.79 Å². The molecule has 2 aliphatic heterocycles. The third-order valence-electron chi connectivity index (χ3n) is 4.26. The van der Waals surface area contributed by atoms with Crippen LogP contribution in [0, 0.1) is 11.8 Å². The molecule has 4 atom stereocenters. The summed E-state index contributed by atoms with van der Waals surface area (Å²) in [5.74, 6) is 0.663. The molecule has 2 heterocycles. The maximum Gasteiger partial charge on any atom is 0.303 e. The Labute approximate surface area is 125 Å². The highest BCUT2D eigenvalue weighted by Crippen LogP contribution is 2.54. The summed E-state index contributed by atoms with van der Waals surface area (Å²) < 4.78 is 5.08. The van der Waals surface area contributed by atoms with Crippen molar-refractivity contribution in [2.45, 2.75) is 49.0 Å². The first-order chi connectivity index (χ1) is 9.72. The van der Waals surface area contributed by atoms with E-state index in [1.807, 2.05) is 6.26 Å². The van der Waals surface area contributed by atoms with Gasteiger partial charge in [0.2, 0.25) is 0 Å². The second kappa shape index (κ2) is 7.77. The molecule has 2 aliphatic rings. The van der Waals surface area contributed by atoms with Crippen molar-refractivity contribution in [2.24, 2.45) is 11.8 Å². The minimum Gasteiger partial charge on any atom is -0.505 e. The molecule has 0 aliphatic carbocycles. The summed E-state index contributed by atoms with van der Waals surface area (Å²) >= 11 is 2.15. The number of carbonyl (C=O) groups is 1. The van der Waals surface area contributed by atoms with Crippen molar-refractivity contribution in [1.29, 1.82) is 0 Å². The highest BCUT2D eigenvalue weighted by Gasteiger charge is 2.46. The van der Waals surface area contributed by atoms with Crippen LogP contribution in [-0.2, 0) is 9.53 Å². The molecule has 112 valence electrons. The van der Waals surface area contributed by atoms with Crippen molar-refractivity contribution < 1.29 is 14.6 Å². The van der Waals surface area contributed by atoms with E-state index < -0.39 is 5.97 Å². The number of fused-ring (bicyclic) bond motifs is 2. The van der Waals surface area contributed by atoms with E-state index in [0.717, 1.165) is 35.7 Å². The largest absolute Gasteiger partial charge is 0.505 e. The Morgan fingerprint density at radius 1 is 1.35 bits per heavy atom. The van der Waals surface area contributed by atoms with Crippen molar-refractivity contribution in [3.05, 3.63) is 24.5 Å². The molecule has 0 saturated carbocycles. The smallest absolute Gasteiger partial charge is 0.303 e. The second-order valence-electron chi connectivity index (χ2n) is 5.59. The Balaban J connectivity index is 1.77. The molecule has 1 N–H and O–H groups in total. The summed E-state index contributed by atoms with van der Waals surface area (Å²) in [6, 6.07) is 0. The molecule has 2 bridgehead atoms. The van der Waals surface area contributed by atoms with E-state index in [4.69, 9.17) is 9.84 Å². The summed E-state index contributed by atoms with van der Waals surface area (Å²) in [7, 11) is 1.70. The molecule has 4 heteroatoms. The Bertz CT molecular complexity index is 378. The molecule has 2 rings (SSSR count). The van der Waals surface area contributed by atoms with Gasteiger partial charge in [0.1, 0.15) is 0 Å². The number of carboxylic acid groups (broad SMARTS) is 1. The third kappa shape index (κ3) is 4.05. The first kappa shape index (κ1) is 15.5. The molecular formula is C16H24O3S. The molecule has 3 nitrogen and oxygen atoms in total. The summed E-state index contributed by atoms with van der Waals surface area (Å²) in [6.07, 6.45) is 14.2. The first-order valence-corrected chi connectivity index (χ1v) is 8.38. The normalized spacial score (nSPS) is 32.5. The van der Waals surface area contributed by atoms with Gasteiger partial charge in [0.05, 0.1) is 13.4 Å². The zero-order valence-corrected chi connectivity index (χ0v) is 12.8. The van der Waals surface area contributed by atoms with Crippen molar-refractivity contribution in [1.82, 2.24) is 0 Å². The van der Waals surface area contributed by atoms with E-state index >= 15 is 0 Å². The number of aliphatic carboxylic acids is 1. The van der Waals surface area contributed by atoms with Crippen LogP contribution in [0.2, 0.25) is 0 Å². The maximum atomic E-state index is 10.4. The number of rotatable bonds is 8. The van der Waals surface area contributed by atoms with Crippen molar-refractivity contribution >= 4 is 17.7 Å². The van der Waals surface area contributed by atoms with Crippen LogP contribution >= 0.6 is 11.8 Å². The number of hydrogen-bond acceptors (Lipinski definition) is 3. The summed E-state index contributed by atoms with van der Waals surface area (Å²) in [5.41, 5.74) is 0. The lowest BCUT2D eigenvalue weighted by Gasteiger charge is -2.26. The fourth-order valence-corrected chi connectivity index (χ4v) is 5.26. The number of thioether (sulfide) groups is 1. The Kier molecular flexibility index (Phi) is 6.02. The minimum absolute atomic E-state index is 0.271. The standard InChI is InChI=1S/C16H24O3S/c1-19-11-10-13-12(14-8-9-15(13)20-14)6-4-2-3-5-7-16(17)18/h2,4,10-15H,3,5-9H2,1H3,(H,17,18)/b4-2-,11-10?/t12-,13+,14-,15+/m1/s1. The van der Waals surface area contributed by atoms with Crippen molar-refractivity contribution in [2.75, 3.05) is 7.11 Å². The number of unbranched alkanes of at least 4 members (excludes halogenated alkanes) is 1. The number of methoxy groups -OCH3 is 1. The lowest BCUT2D eigenvalue weighted by Crippen LogP contribution is -2.25. The van der Waals surface area contributed by atoms with Gasteiger partial charge in [0.25, 0.3) is 0 Å². The summed E-state index contributed by atoms with van der Waals surface area (Å²) in [4.78, 5) is 10.4. The zero-order valence-electron chi connectivity index (χ0n) is 12.0. The monoisotopic (exact) mass is 296 g/mol. The molecule has 20 heavy (non-hydrogen) atoms. The fraction of sp³-hybridized carbons (Fsp3) is 0.688. The highest BCUT2D eigenvalue weighted by atomic mass is 32.2. The minimum atomic E-state index is -0.701. The molecule has 0 aromatic rings. The molecule has 2 saturated heterocycles. The van der Waals surface area contributed by atoms with Crippen LogP contribution < -0.4 is 0 Å². The van der Waals surface area contributed by atoms with Crippen LogP contribution in [0.1, 0.15) is 38.5 Å². The highest BCUT2D eigenvalue weighted by molar-refractivity contribution is 8.01. The summed E-state index contributed by atoms with van der Waals surface area (Å²) in [6.45, 7) is 0. The van der Waals surface area contributed by atoms with Crippen molar-refractivity contribution in [3.8, 4) is 0 Å². The molecule has 0 spiro atoms. The van der Waals surface area contributed by atoms with Gasteiger partial charge in [-0.2, -0.15) is 11.8 Å². The third-order valence-corrected chi connectivity index (χ3v) is 6.09. The van der Waals surface area contributed by atoms with Crippen LogP contribution in [0.15, 0.2) is 24.5 Å². The van der Waals surface area contributed by atoms with Crippen LogP contribution in [0.3, 0.4) is 0 Å². The van der Waals surface area contributed by atoms with E-state index in [1.165, 1.54) is 12.8 Å². The molecule has 0 amide bonds. The topological polar surface area (TPSA) is 46.5 Å². The van der Waals surface area contributed by atoms with Gasteiger partial charge >= 0.3 is 5.97 Å². The van der Waals surface area contributed by atoms with Crippen LogP contribution in [0.5, 0.6) is 0 Å². The molecule has 0 unspecified atom stereocenters. The van der Waals surface area contributed by atoms with Gasteiger partial charge in [-0.15, -0.1) is 0 Å². The number of carboxylic acids is 1. The van der Waals surface area contributed by atoms with Gasteiger partial charge < -0.3 is 9.84 Å². The van der Waals surface area contributed by atoms with Crippen LogP contribution in [0.4, 0.5) is 0 Å². The lowest BCUT2D eigenvalue weighted by atomic mass is 9.77. The molecule has 0 radical (unpaired) electrons. The van der Waals surface area contributed by atoms with Gasteiger partial charge in [-0.1, -0.05) is 12.2 Å². The molecule has 0 aromatic carbocycles. The Morgan fingerprint density at radius 3 is 2.90 bits per heavy atom. The van der Waals surface area contributed by atoms with E-state index in [0.29, 0.717) is 5.92 Å².